The van der Waals surface area contributed by atoms with Crippen molar-refractivity contribution >= 4 is 33.5 Å². The number of hydrogen-bond donors (Lipinski definition) is 2. The highest BCUT2D eigenvalue weighted by Gasteiger charge is 2.55. The van der Waals surface area contributed by atoms with Crippen LogP contribution in [0.1, 0.15) is 12.8 Å². The van der Waals surface area contributed by atoms with Crippen LogP contribution in [0.5, 0.6) is 0 Å². The van der Waals surface area contributed by atoms with E-state index >= 15 is 0 Å². The molecule has 2 aliphatic rings. The quantitative estimate of drug-likeness (QED) is 0.885. The monoisotopic (exact) mass is 339 g/mol. The van der Waals surface area contributed by atoms with Crippen molar-refractivity contribution in [1.29, 1.82) is 0 Å². The molecule has 2 bridgehead atoms. The number of fused-ring (bicyclic) bond motifs is 2. The van der Waals surface area contributed by atoms with Crippen molar-refractivity contribution in [3.8, 4) is 0 Å². The molecule has 2 N–H and O–H groups in total. The molecule has 2 saturated heterocycles. The van der Waals surface area contributed by atoms with Gasteiger partial charge in [-0.1, -0.05) is 15.9 Å². The Bertz CT molecular complexity index is 545. The Balaban J connectivity index is 1.76. The third kappa shape index (κ3) is 2.33. The molecule has 4 atom stereocenters. The highest BCUT2D eigenvalue weighted by molar-refractivity contribution is 9.10. The molecule has 1 aromatic carbocycles. The molecule has 0 spiro atoms. The highest BCUT2D eigenvalue weighted by atomic mass is 79.9. The molecule has 2 unspecified atom stereocenters. The summed E-state index contributed by atoms with van der Waals surface area (Å²) in [4.78, 5) is 23.7. The van der Waals surface area contributed by atoms with Gasteiger partial charge < -0.3 is 15.2 Å². The Labute approximate surface area is 124 Å². The first-order valence-electron chi connectivity index (χ1n) is 6.51. The molecule has 0 saturated carbocycles. The highest BCUT2D eigenvalue weighted by Crippen LogP contribution is 2.44. The SMILES string of the molecule is O=C(O)C1C(C(=O)Nc2ccc(Br)cc2)[C@H]2CC[C@H]1O2. The number of carboxylic acids is 1. The number of benzene rings is 1. The van der Waals surface area contributed by atoms with Crippen LogP contribution < -0.4 is 5.32 Å². The average molecular weight is 340 g/mol. The Hall–Kier alpha value is -1.40. The fourth-order valence-corrected chi connectivity index (χ4v) is 3.35. The molecule has 1 amide bonds. The fourth-order valence-electron chi connectivity index (χ4n) is 3.08. The molecule has 2 fully saturated rings. The Kier molecular flexibility index (Phi) is 3.52. The first-order chi connectivity index (χ1) is 9.56. The summed E-state index contributed by atoms with van der Waals surface area (Å²) < 4.78 is 6.51. The summed E-state index contributed by atoms with van der Waals surface area (Å²) in [6.07, 6.45) is 0.894. The van der Waals surface area contributed by atoms with Gasteiger partial charge in [0.25, 0.3) is 0 Å². The zero-order valence-corrected chi connectivity index (χ0v) is 12.2. The van der Waals surface area contributed by atoms with Crippen molar-refractivity contribution in [2.75, 3.05) is 5.32 Å². The fraction of sp³-hybridized carbons (Fsp3) is 0.429. The van der Waals surface area contributed by atoms with E-state index in [-0.39, 0.29) is 18.1 Å². The van der Waals surface area contributed by atoms with E-state index in [0.29, 0.717) is 5.69 Å². The third-order valence-electron chi connectivity index (χ3n) is 3.97. The predicted molar refractivity (Wildman–Crippen MR) is 75.3 cm³/mol. The van der Waals surface area contributed by atoms with Crippen LogP contribution in [0.15, 0.2) is 28.7 Å². The summed E-state index contributed by atoms with van der Waals surface area (Å²) in [6.45, 7) is 0. The van der Waals surface area contributed by atoms with Gasteiger partial charge >= 0.3 is 5.97 Å². The molecule has 0 aromatic heterocycles. The van der Waals surface area contributed by atoms with Crippen LogP contribution in [0.4, 0.5) is 5.69 Å². The topological polar surface area (TPSA) is 75.6 Å². The number of nitrogens with one attached hydrogen (secondary N) is 1. The van der Waals surface area contributed by atoms with Gasteiger partial charge in [0.1, 0.15) is 0 Å². The molecule has 0 radical (unpaired) electrons. The number of carboxylic acid groups (broad SMARTS) is 1. The second-order valence-electron chi connectivity index (χ2n) is 5.18. The van der Waals surface area contributed by atoms with Gasteiger partial charge in [-0.2, -0.15) is 0 Å². The van der Waals surface area contributed by atoms with E-state index in [1.54, 1.807) is 12.1 Å². The maximum Gasteiger partial charge on any atom is 0.310 e. The second-order valence-corrected chi connectivity index (χ2v) is 6.09. The van der Waals surface area contributed by atoms with Gasteiger partial charge in [0.05, 0.1) is 24.0 Å². The van der Waals surface area contributed by atoms with Crippen LogP contribution in [-0.4, -0.2) is 29.2 Å². The van der Waals surface area contributed by atoms with Gasteiger partial charge in [-0.3, -0.25) is 9.59 Å². The van der Waals surface area contributed by atoms with Crippen LogP contribution in [0.3, 0.4) is 0 Å². The molecule has 20 heavy (non-hydrogen) atoms. The van der Waals surface area contributed by atoms with Crippen LogP contribution in [0.25, 0.3) is 0 Å². The first kappa shape index (κ1) is 13.6. The van der Waals surface area contributed by atoms with Gasteiger partial charge in [0.2, 0.25) is 5.91 Å². The minimum absolute atomic E-state index is 0.267. The lowest BCUT2D eigenvalue weighted by molar-refractivity contribution is -0.147. The number of ether oxygens (including phenoxy) is 1. The lowest BCUT2D eigenvalue weighted by atomic mass is 9.78. The van der Waals surface area contributed by atoms with Crippen molar-refractivity contribution in [3.63, 3.8) is 0 Å². The molecular weight excluding hydrogens is 326 g/mol. The summed E-state index contributed by atoms with van der Waals surface area (Å²) in [5, 5.41) is 12.1. The number of rotatable bonds is 3. The van der Waals surface area contributed by atoms with Gasteiger partial charge in [-0.15, -0.1) is 0 Å². The van der Waals surface area contributed by atoms with Crippen LogP contribution in [-0.2, 0) is 14.3 Å². The van der Waals surface area contributed by atoms with Crippen LogP contribution in [0.2, 0.25) is 0 Å². The van der Waals surface area contributed by atoms with E-state index in [2.05, 4.69) is 21.2 Å². The van der Waals surface area contributed by atoms with Crippen molar-refractivity contribution in [3.05, 3.63) is 28.7 Å². The van der Waals surface area contributed by atoms with E-state index in [9.17, 15) is 14.7 Å². The van der Waals surface area contributed by atoms with Crippen LogP contribution >= 0.6 is 15.9 Å². The van der Waals surface area contributed by atoms with Crippen molar-refractivity contribution in [2.45, 2.75) is 25.0 Å². The Morgan fingerprint density at radius 3 is 2.35 bits per heavy atom. The third-order valence-corrected chi connectivity index (χ3v) is 4.50. The summed E-state index contributed by atoms with van der Waals surface area (Å²) in [5.41, 5.74) is 0.658. The second kappa shape index (κ2) is 5.18. The molecule has 3 rings (SSSR count). The van der Waals surface area contributed by atoms with Crippen molar-refractivity contribution in [1.82, 2.24) is 0 Å². The zero-order valence-electron chi connectivity index (χ0n) is 10.6. The molecule has 2 heterocycles. The molecule has 106 valence electrons. The van der Waals surface area contributed by atoms with E-state index in [1.165, 1.54) is 0 Å². The molecular formula is C14H14BrNO4. The van der Waals surface area contributed by atoms with E-state index in [4.69, 9.17) is 4.74 Å². The molecule has 2 aliphatic heterocycles. The zero-order chi connectivity index (χ0) is 14.3. The minimum atomic E-state index is -0.951. The minimum Gasteiger partial charge on any atom is -0.481 e. The van der Waals surface area contributed by atoms with Crippen LogP contribution in [0, 0.1) is 11.8 Å². The smallest absolute Gasteiger partial charge is 0.310 e. The number of amides is 1. The first-order valence-corrected chi connectivity index (χ1v) is 7.30. The number of carbonyl (C=O) groups is 2. The Morgan fingerprint density at radius 2 is 1.75 bits per heavy atom. The van der Waals surface area contributed by atoms with Gasteiger partial charge in [0.15, 0.2) is 0 Å². The normalized spacial score (nSPS) is 31.2. The lowest BCUT2D eigenvalue weighted by Crippen LogP contribution is -2.40. The summed E-state index contributed by atoms with van der Waals surface area (Å²) >= 11 is 3.32. The number of anilines is 1. The molecule has 5 nitrogen and oxygen atoms in total. The van der Waals surface area contributed by atoms with E-state index in [0.717, 1.165) is 17.3 Å². The molecule has 1 aromatic rings. The number of halogens is 1. The maximum atomic E-state index is 12.3. The molecule has 0 aliphatic carbocycles. The predicted octanol–water partition coefficient (Wildman–Crippen LogP) is 2.27. The van der Waals surface area contributed by atoms with E-state index < -0.39 is 17.8 Å². The standard InChI is InChI=1S/C14H14BrNO4/c15-7-1-3-8(4-2-7)16-13(17)11-9-5-6-10(20-9)12(11)14(18)19/h1-4,9-12H,5-6H2,(H,16,17)(H,18,19)/t9-,10-,11?,12?/m1/s1. The summed E-state index contributed by atoms with van der Waals surface area (Å²) in [5.74, 6) is -2.56. The maximum absolute atomic E-state index is 12.3. The number of aliphatic carboxylic acids is 1. The average Bonchev–Trinajstić information content (AvgIpc) is 3.01. The summed E-state index contributed by atoms with van der Waals surface area (Å²) in [7, 11) is 0. The van der Waals surface area contributed by atoms with E-state index in [1.807, 2.05) is 12.1 Å². The van der Waals surface area contributed by atoms with Gasteiger partial charge in [-0.05, 0) is 37.1 Å². The van der Waals surface area contributed by atoms with Gasteiger partial charge in [0, 0.05) is 10.2 Å². The van der Waals surface area contributed by atoms with Gasteiger partial charge in [-0.25, -0.2) is 0 Å². The largest absolute Gasteiger partial charge is 0.481 e. The summed E-state index contributed by atoms with van der Waals surface area (Å²) in [6, 6.07) is 7.18. The number of carbonyl (C=O) groups excluding carboxylic acids is 1. The van der Waals surface area contributed by atoms with Crippen molar-refractivity contribution in [2.24, 2.45) is 11.8 Å². The Morgan fingerprint density at radius 1 is 1.15 bits per heavy atom. The van der Waals surface area contributed by atoms with Crippen molar-refractivity contribution < 1.29 is 19.4 Å². The number of hydrogen-bond acceptors (Lipinski definition) is 3. The molecule has 6 heteroatoms. The lowest BCUT2D eigenvalue weighted by Gasteiger charge is -2.23.